The molecular weight excluding hydrogens is 703 g/mol. The average molecular weight is 748 g/mol. The maximum absolute atomic E-state index is 12.9. The zero-order valence-electron chi connectivity index (χ0n) is 26.5. The topological polar surface area (TPSA) is 215 Å². The molecule has 268 valence electrons. The van der Waals surface area contributed by atoms with E-state index in [1.807, 2.05) is 11.9 Å². The van der Waals surface area contributed by atoms with E-state index in [4.69, 9.17) is 44.6 Å². The van der Waals surface area contributed by atoms with Gasteiger partial charge >= 0.3 is 0 Å². The smallest absolute Gasteiger partial charge is 0.269 e. The van der Waals surface area contributed by atoms with E-state index in [0.29, 0.717) is 11.5 Å². The first kappa shape index (κ1) is 41.7. The molecule has 11 atom stereocenters. The number of non-ortho nitro benzene ring substituents is 1. The highest BCUT2D eigenvalue weighted by Gasteiger charge is 2.48. The van der Waals surface area contributed by atoms with Crippen molar-refractivity contribution in [3.8, 4) is 0 Å². The van der Waals surface area contributed by atoms with Crippen LogP contribution < -0.4 is 10.6 Å². The number of amides is 2. The summed E-state index contributed by atoms with van der Waals surface area (Å²) in [5.41, 5.74) is -0.533. The van der Waals surface area contributed by atoms with E-state index >= 15 is 0 Å². The van der Waals surface area contributed by atoms with Crippen LogP contribution in [0.1, 0.15) is 44.8 Å². The maximum atomic E-state index is 12.9. The molecule has 1 aromatic carbocycles. The van der Waals surface area contributed by atoms with Crippen LogP contribution in [0.4, 0.5) is 5.69 Å². The number of carbonyl (C=O) groups excluding carboxylic acids is 2. The normalized spacial score (nSPS) is 28.8. The number of nitrogens with zero attached hydrogens (tertiary/aromatic N) is 2. The minimum atomic E-state index is -1.36. The molecule has 0 aliphatic carbocycles. The lowest BCUT2D eigenvalue weighted by Gasteiger charge is -2.44. The quantitative estimate of drug-likeness (QED) is 0.0864. The van der Waals surface area contributed by atoms with Crippen LogP contribution in [0.25, 0.3) is 0 Å². The van der Waals surface area contributed by atoms with Gasteiger partial charge in [0.1, 0.15) is 36.0 Å². The number of thioether (sulfide) groups is 1. The fourth-order valence-corrected chi connectivity index (χ4v) is 6.62. The van der Waals surface area contributed by atoms with Gasteiger partial charge in [-0.2, -0.15) is 0 Å². The predicted molar refractivity (Wildman–Crippen MR) is 179 cm³/mol. The number of nitro benzene ring substituents is 1. The number of hydrogen-bond acceptors (Lipinski definition) is 12. The number of carbonyl (C=O) groups is 2. The Labute approximate surface area is 293 Å². The molecule has 7 N–H and O–H groups in total. The van der Waals surface area contributed by atoms with Crippen molar-refractivity contribution in [2.24, 2.45) is 5.92 Å². The SMILES string of the molecule is CCC[C@@H]1C[C@@H](C(=O)NC(C(C)Cl)[C@H]2O[C@H](SC)[C@H](O)[C@@H](O)[C@H]2O)N(C)C1.O=C(N[C@H](CO)[C@H](O)c1ccc([N+](=O)[O-])cc1)C(Cl)Cl. The van der Waals surface area contributed by atoms with Gasteiger partial charge in [-0.05, 0) is 56.7 Å². The van der Waals surface area contributed by atoms with Crippen molar-refractivity contribution in [1.29, 1.82) is 0 Å². The number of likely N-dealkylation sites (tertiary alicyclic amines) is 1. The van der Waals surface area contributed by atoms with Gasteiger partial charge < -0.3 is 40.9 Å². The number of nitro groups is 1. The van der Waals surface area contributed by atoms with Crippen LogP contribution in [0.2, 0.25) is 0 Å². The van der Waals surface area contributed by atoms with Gasteiger partial charge in [0.05, 0.1) is 35.0 Å². The number of rotatable bonds is 13. The van der Waals surface area contributed by atoms with Gasteiger partial charge in [-0.25, -0.2) is 0 Å². The van der Waals surface area contributed by atoms with Crippen molar-refractivity contribution in [1.82, 2.24) is 15.5 Å². The Bertz CT molecular complexity index is 1160. The van der Waals surface area contributed by atoms with Gasteiger partial charge in [0.2, 0.25) is 5.91 Å². The third kappa shape index (κ3) is 11.5. The Kier molecular flexibility index (Phi) is 17.4. The van der Waals surface area contributed by atoms with E-state index in [-0.39, 0.29) is 17.6 Å². The summed E-state index contributed by atoms with van der Waals surface area (Å²) in [6, 6.07) is 3.12. The van der Waals surface area contributed by atoms with Crippen molar-refractivity contribution in [3.05, 3.63) is 39.9 Å². The van der Waals surface area contributed by atoms with Crippen LogP contribution in [-0.4, -0.2) is 132 Å². The van der Waals surface area contributed by atoms with Gasteiger partial charge in [-0.15, -0.1) is 23.4 Å². The predicted octanol–water partition coefficient (Wildman–Crippen LogP) is 1.30. The summed E-state index contributed by atoms with van der Waals surface area (Å²) >= 11 is 18.2. The Morgan fingerprint density at radius 2 is 1.74 bits per heavy atom. The first-order chi connectivity index (χ1) is 22.1. The highest BCUT2D eigenvalue weighted by molar-refractivity contribution is 7.99. The molecular formula is C29H45Cl3N4O10S. The van der Waals surface area contributed by atoms with Crippen molar-refractivity contribution in [2.75, 3.05) is 26.5 Å². The molecule has 2 unspecified atom stereocenters. The zero-order chi connectivity index (χ0) is 35.6. The van der Waals surface area contributed by atoms with Gasteiger partial charge in [0, 0.05) is 18.7 Å². The second kappa shape index (κ2) is 19.6. The van der Waals surface area contributed by atoms with E-state index in [2.05, 4.69) is 17.6 Å². The number of ether oxygens (including phenoxy) is 1. The Balaban J connectivity index is 0.000000343. The lowest BCUT2D eigenvalue weighted by molar-refractivity contribution is -0.384. The van der Waals surface area contributed by atoms with Crippen molar-refractivity contribution >= 4 is 64.1 Å². The summed E-state index contributed by atoms with van der Waals surface area (Å²) in [7, 11) is 1.94. The van der Waals surface area contributed by atoms with Crippen LogP contribution >= 0.6 is 46.6 Å². The molecule has 0 spiro atoms. The summed E-state index contributed by atoms with van der Waals surface area (Å²) in [6.07, 6.45) is -1.35. The fourth-order valence-electron chi connectivity index (χ4n) is 5.61. The summed E-state index contributed by atoms with van der Waals surface area (Å²) in [5, 5.41) is 65.0. The molecule has 2 heterocycles. The molecule has 2 amide bonds. The van der Waals surface area contributed by atoms with Crippen LogP contribution in [0.15, 0.2) is 24.3 Å². The molecule has 2 fully saturated rings. The van der Waals surface area contributed by atoms with E-state index in [9.17, 15) is 40.1 Å². The molecule has 2 aliphatic heterocycles. The van der Waals surface area contributed by atoms with E-state index in [0.717, 1.165) is 25.8 Å². The third-order valence-electron chi connectivity index (χ3n) is 8.18. The van der Waals surface area contributed by atoms with E-state index in [1.54, 1.807) is 13.2 Å². The first-order valence-electron chi connectivity index (χ1n) is 15.1. The fraction of sp³-hybridized carbons (Fsp3) is 0.724. The molecule has 1 aromatic rings. The first-order valence-corrected chi connectivity index (χ1v) is 17.7. The molecule has 18 heteroatoms. The maximum Gasteiger partial charge on any atom is 0.269 e. The largest absolute Gasteiger partial charge is 0.394 e. The molecule has 3 rings (SSSR count). The molecule has 0 saturated carbocycles. The van der Waals surface area contributed by atoms with E-state index in [1.165, 1.54) is 36.0 Å². The van der Waals surface area contributed by atoms with Crippen LogP contribution in [-0.2, 0) is 14.3 Å². The Morgan fingerprint density at radius 1 is 1.13 bits per heavy atom. The molecule has 0 aromatic heterocycles. The second-order valence-electron chi connectivity index (χ2n) is 11.6. The highest BCUT2D eigenvalue weighted by Crippen LogP contribution is 2.31. The van der Waals surface area contributed by atoms with Crippen molar-refractivity contribution < 1.29 is 44.8 Å². The zero-order valence-corrected chi connectivity index (χ0v) is 29.6. The van der Waals surface area contributed by atoms with Crippen LogP contribution in [0, 0.1) is 16.0 Å². The number of halogens is 3. The van der Waals surface area contributed by atoms with Crippen LogP contribution in [0.5, 0.6) is 0 Å². The Morgan fingerprint density at radius 3 is 2.23 bits per heavy atom. The van der Waals surface area contributed by atoms with Gasteiger partial charge in [-0.1, -0.05) is 36.5 Å². The number of nitrogens with one attached hydrogen (secondary N) is 2. The minimum Gasteiger partial charge on any atom is -0.394 e. The molecule has 0 radical (unpaired) electrons. The van der Waals surface area contributed by atoms with Crippen molar-refractivity contribution in [3.63, 3.8) is 0 Å². The summed E-state index contributed by atoms with van der Waals surface area (Å²) < 4.78 is 5.79. The monoisotopic (exact) mass is 746 g/mol. The minimum absolute atomic E-state index is 0.132. The third-order valence-corrected chi connectivity index (χ3v) is 9.70. The van der Waals surface area contributed by atoms with Crippen molar-refractivity contribution in [2.45, 2.75) is 97.4 Å². The average Bonchev–Trinajstić information content (AvgIpc) is 3.41. The number of hydrogen-bond donors (Lipinski definition) is 7. The Hall–Kier alpha value is -1.50. The number of likely N-dealkylation sites (N-methyl/N-ethyl adjacent to an activating group) is 1. The molecule has 14 nitrogen and oxygen atoms in total. The number of benzene rings is 1. The number of aliphatic hydroxyl groups excluding tert-OH is 5. The summed E-state index contributed by atoms with van der Waals surface area (Å²) in [4.78, 5) is 34.9. The second-order valence-corrected chi connectivity index (χ2v) is 14.3. The van der Waals surface area contributed by atoms with Crippen LogP contribution in [0.3, 0.4) is 0 Å². The number of aliphatic hydroxyl groups is 5. The summed E-state index contributed by atoms with van der Waals surface area (Å²) in [6.45, 7) is 4.19. The lowest BCUT2D eigenvalue weighted by Crippen LogP contribution is -2.65. The van der Waals surface area contributed by atoms with Gasteiger partial charge in [-0.3, -0.25) is 24.6 Å². The highest BCUT2D eigenvalue weighted by atomic mass is 35.5. The molecule has 2 saturated heterocycles. The molecule has 0 bridgehead atoms. The van der Waals surface area contributed by atoms with Gasteiger partial charge in [0.15, 0.2) is 4.84 Å². The standard InChI is InChI=1S/C18H33ClN2O5S.C11H12Cl2N2O5/c1-5-6-10-7-11(21(3)8-10)17(25)20-12(9(2)19)16-14(23)13(22)15(24)18(26-16)27-4;12-10(13)11(18)14-8(5-16)9(17)6-1-3-7(4-2-6)15(19)20/h9-16,18,22-24H,5-8H2,1-4H3,(H,20,25);1-4,8-10,16-17H,5H2,(H,14,18)/t9?,10-,11+,12?,13+,14-,15-,16-,18-;8-,9-/m11/s1. The molecule has 2 aliphatic rings. The summed E-state index contributed by atoms with van der Waals surface area (Å²) in [5.74, 6) is -0.406. The molecule has 47 heavy (non-hydrogen) atoms. The van der Waals surface area contributed by atoms with E-state index < -0.39 is 75.7 Å². The van der Waals surface area contributed by atoms with Gasteiger partial charge in [0.25, 0.3) is 11.6 Å². The lowest BCUT2D eigenvalue weighted by atomic mass is 9.92. The number of alkyl halides is 3.